The summed E-state index contributed by atoms with van der Waals surface area (Å²) in [7, 11) is 0. The van der Waals surface area contributed by atoms with Crippen molar-refractivity contribution in [1.29, 1.82) is 0 Å². The second-order valence-electron chi connectivity index (χ2n) is 18.2. The molecule has 0 N–H and O–H groups in total. The summed E-state index contributed by atoms with van der Waals surface area (Å²) in [6.07, 6.45) is 34.6. The van der Waals surface area contributed by atoms with E-state index in [9.17, 15) is 0 Å². The van der Waals surface area contributed by atoms with Gasteiger partial charge in [0.05, 0.1) is 0 Å². The Morgan fingerprint density at radius 1 is 0.625 bits per heavy atom. The molecule has 0 aromatic heterocycles. The average Bonchev–Trinajstić information content (AvgIpc) is 3.43. The number of hydrogen-bond acceptors (Lipinski definition) is 0. The lowest BCUT2D eigenvalue weighted by atomic mass is 9.70. The van der Waals surface area contributed by atoms with Crippen molar-refractivity contribution in [1.82, 2.24) is 0 Å². The molecule has 5 aliphatic rings. The van der Waals surface area contributed by atoms with Crippen LogP contribution in [-0.4, -0.2) is 0 Å². The molecular formula is C56H58. The molecule has 5 aliphatic carbocycles. The van der Waals surface area contributed by atoms with E-state index in [0.717, 1.165) is 6.42 Å². The van der Waals surface area contributed by atoms with Gasteiger partial charge in [-0.15, -0.1) is 0 Å². The predicted octanol–water partition coefficient (Wildman–Crippen LogP) is 15.4. The van der Waals surface area contributed by atoms with Crippen molar-refractivity contribution in [3.8, 4) is 22.3 Å². The Balaban J connectivity index is 1.26. The van der Waals surface area contributed by atoms with E-state index < -0.39 is 0 Å². The molecular weight excluding hydrogens is 673 g/mol. The Morgan fingerprint density at radius 2 is 1.29 bits per heavy atom. The molecule has 4 aromatic carbocycles. The third kappa shape index (κ3) is 6.91. The highest BCUT2D eigenvalue weighted by molar-refractivity contribution is 6.09. The van der Waals surface area contributed by atoms with E-state index in [4.69, 9.17) is 0 Å². The molecule has 0 heterocycles. The lowest BCUT2D eigenvalue weighted by Gasteiger charge is -2.33. The van der Waals surface area contributed by atoms with Gasteiger partial charge in [0.2, 0.25) is 0 Å². The van der Waals surface area contributed by atoms with Gasteiger partial charge in [0, 0.05) is 23.7 Å². The predicted molar refractivity (Wildman–Crippen MR) is 241 cm³/mol. The van der Waals surface area contributed by atoms with Crippen LogP contribution in [0.25, 0.3) is 39.5 Å². The number of rotatable bonds is 10. The van der Waals surface area contributed by atoms with Crippen molar-refractivity contribution >= 4 is 17.2 Å². The number of allylic oxidation sites excluding steroid dienone is 13. The van der Waals surface area contributed by atoms with Crippen LogP contribution in [0.15, 0.2) is 157 Å². The summed E-state index contributed by atoms with van der Waals surface area (Å²) in [5.74, 6) is 1.86. The zero-order valence-electron chi connectivity index (χ0n) is 34.0. The summed E-state index contributed by atoms with van der Waals surface area (Å²) in [6, 6.07) is 34.0. The van der Waals surface area contributed by atoms with Gasteiger partial charge in [0.1, 0.15) is 0 Å². The van der Waals surface area contributed by atoms with Crippen molar-refractivity contribution in [2.45, 2.75) is 85.0 Å². The van der Waals surface area contributed by atoms with Crippen molar-refractivity contribution in [2.75, 3.05) is 0 Å². The van der Waals surface area contributed by atoms with Gasteiger partial charge in [-0.1, -0.05) is 198 Å². The normalized spacial score (nSPS) is 23.3. The lowest BCUT2D eigenvalue weighted by molar-refractivity contribution is 0.357. The number of benzene rings is 4. The van der Waals surface area contributed by atoms with Crippen LogP contribution >= 0.6 is 0 Å². The van der Waals surface area contributed by atoms with Crippen LogP contribution in [0.1, 0.15) is 106 Å². The third-order valence-electron chi connectivity index (χ3n) is 13.4. The van der Waals surface area contributed by atoms with Gasteiger partial charge in [-0.3, -0.25) is 0 Å². The molecule has 9 rings (SSSR count). The molecule has 0 saturated heterocycles. The molecule has 0 amide bonds. The Kier molecular flexibility index (Phi) is 10.2. The van der Waals surface area contributed by atoms with E-state index in [2.05, 4.69) is 179 Å². The van der Waals surface area contributed by atoms with E-state index in [0.29, 0.717) is 29.1 Å². The van der Waals surface area contributed by atoms with Crippen molar-refractivity contribution < 1.29 is 0 Å². The standard InChI is InChI=1S/C56H58/c1-5-38-32-33-47-49(36-42(38)27-16-9-19-34-56(2,3)4)53(41-25-14-8-15-26-41)54-48-31-20-28-43-35-44(46-30-18-17-29-45(46)39-21-10-6-11-22-39)37-50(51(43)48)55(54)52(47)40-23-12-7-13-24-40/h6-8,10-15,17-18,20-26,28-31,35-38,43,45-46,51H,5,9,16,19,27,32-34H2,1-4H3. The summed E-state index contributed by atoms with van der Waals surface area (Å²) in [5.41, 5.74) is 19.6. The molecule has 282 valence electrons. The topological polar surface area (TPSA) is 0 Å². The molecule has 0 nitrogen and oxygen atoms in total. The summed E-state index contributed by atoms with van der Waals surface area (Å²) in [4.78, 5) is 0. The van der Waals surface area contributed by atoms with E-state index in [-0.39, 0.29) is 5.92 Å². The van der Waals surface area contributed by atoms with E-state index in [1.807, 2.05) is 0 Å². The van der Waals surface area contributed by atoms with Gasteiger partial charge in [-0.25, -0.2) is 0 Å². The Labute approximate surface area is 336 Å². The molecule has 0 spiro atoms. The number of unbranched alkanes of at least 4 members (excludes halogenated alkanes) is 2. The fraction of sp³-hybridized carbons (Fsp3) is 0.321. The zero-order chi connectivity index (χ0) is 38.2. The molecule has 0 heteroatoms. The molecule has 0 fully saturated rings. The average molecular weight is 731 g/mol. The second-order valence-corrected chi connectivity index (χ2v) is 18.2. The first-order valence-corrected chi connectivity index (χ1v) is 21.7. The Morgan fingerprint density at radius 3 is 1.98 bits per heavy atom. The second kappa shape index (κ2) is 15.5. The SMILES string of the molecule is CCC1CCc2c(c(-c3ccccc3)c3c(c2-c2ccccc2)C2=CC(C4C=CC=CC4c4ccccc4)=CC4C=CC=C3C24)C=C1CCCCCC(C)(C)C. The fourth-order valence-electron chi connectivity index (χ4n) is 10.7. The van der Waals surface area contributed by atoms with Gasteiger partial charge in [-0.2, -0.15) is 0 Å². The van der Waals surface area contributed by atoms with Gasteiger partial charge in [0.15, 0.2) is 0 Å². The Bertz CT molecular complexity index is 2290. The molecule has 5 unspecified atom stereocenters. The van der Waals surface area contributed by atoms with Crippen molar-refractivity contribution in [2.24, 2.45) is 29.1 Å². The van der Waals surface area contributed by atoms with Crippen LogP contribution in [0, 0.1) is 29.1 Å². The molecule has 0 aliphatic heterocycles. The van der Waals surface area contributed by atoms with Gasteiger partial charge in [-0.05, 0) is 117 Å². The molecule has 56 heavy (non-hydrogen) atoms. The smallest absolute Gasteiger partial charge is 0.0200 e. The van der Waals surface area contributed by atoms with E-state index >= 15 is 0 Å². The maximum Gasteiger partial charge on any atom is 0.0200 e. The summed E-state index contributed by atoms with van der Waals surface area (Å²) in [5, 5.41) is 0. The molecule has 0 radical (unpaired) electrons. The first kappa shape index (κ1) is 36.7. The Hall–Kier alpha value is -4.94. The van der Waals surface area contributed by atoms with Crippen LogP contribution in [0.5, 0.6) is 0 Å². The minimum absolute atomic E-state index is 0.288. The lowest BCUT2D eigenvalue weighted by Crippen LogP contribution is -2.20. The minimum Gasteiger partial charge on any atom is -0.0766 e. The highest BCUT2D eigenvalue weighted by Gasteiger charge is 2.44. The van der Waals surface area contributed by atoms with Crippen LogP contribution in [0.3, 0.4) is 0 Å². The van der Waals surface area contributed by atoms with Gasteiger partial charge >= 0.3 is 0 Å². The summed E-state index contributed by atoms with van der Waals surface area (Å²) in [6.45, 7) is 9.57. The van der Waals surface area contributed by atoms with Crippen LogP contribution < -0.4 is 0 Å². The first-order chi connectivity index (χ1) is 27.4. The maximum atomic E-state index is 2.72. The molecule has 4 aromatic rings. The summed E-state index contributed by atoms with van der Waals surface area (Å²) >= 11 is 0. The van der Waals surface area contributed by atoms with E-state index in [1.54, 1.807) is 11.1 Å². The van der Waals surface area contributed by atoms with E-state index in [1.165, 1.54) is 106 Å². The monoisotopic (exact) mass is 730 g/mol. The van der Waals surface area contributed by atoms with Crippen LogP contribution in [-0.2, 0) is 6.42 Å². The highest BCUT2D eigenvalue weighted by Crippen LogP contribution is 2.61. The minimum atomic E-state index is 0.288. The van der Waals surface area contributed by atoms with Gasteiger partial charge in [0.25, 0.3) is 0 Å². The van der Waals surface area contributed by atoms with Crippen LogP contribution in [0.2, 0.25) is 0 Å². The quantitative estimate of drug-likeness (QED) is 0.143. The maximum absolute atomic E-state index is 2.72. The van der Waals surface area contributed by atoms with Crippen molar-refractivity contribution in [3.63, 3.8) is 0 Å². The third-order valence-corrected chi connectivity index (χ3v) is 13.4. The molecule has 0 bridgehead atoms. The van der Waals surface area contributed by atoms with Crippen LogP contribution in [0.4, 0.5) is 0 Å². The molecule has 5 atom stereocenters. The number of hydrogen-bond donors (Lipinski definition) is 0. The van der Waals surface area contributed by atoms with Crippen molar-refractivity contribution in [3.05, 3.63) is 185 Å². The summed E-state index contributed by atoms with van der Waals surface area (Å²) < 4.78 is 0. The fourth-order valence-corrected chi connectivity index (χ4v) is 10.7. The molecule has 0 saturated carbocycles. The number of fused-ring (bicyclic) bond motifs is 4. The van der Waals surface area contributed by atoms with Gasteiger partial charge < -0.3 is 0 Å². The zero-order valence-corrected chi connectivity index (χ0v) is 34.0. The first-order valence-electron chi connectivity index (χ1n) is 21.7. The largest absolute Gasteiger partial charge is 0.0766 e. The highest BCUT2D eigenvalue weighted by atomic mass is 14.5.